The van der Waals surface area contributed by atoms with Gasteiger partial charge in [0, 0.05) is 17.1 Å². The van der Waals surface area contributed by atoms with Gasteiger partial charge in [-0.05, 0) is 42.3 Å². The van der Waals surface area contributed by atoms with Gasteiger partial charge in [0.15, 0.2) is 0 Å². The third-order valence-corrected chi connectivity index (χ3v) is 3.75. The Balaban J connectivity index is 1.89. The maximum Gasteiger partial charge on any atom is 0.119 e. The molecule has 0 aliphatic carbocycles. The van der Waals surface area contributed by atoms with E-state index in [1.54, 1.807) is 6.08 Å². The molecule has 0 bridgehead atoms. The summed E-state index contributed by atoms with van der Waals surface area (Å²) in [5.74, 6) is 0.874. The van der Waals surface area contributed by atoms with Crippen LogP contribution in [-0.2, 0) is 6.54 Å². The largest absolute Gasteiger partial charge is 0.490 e. The second-order valence-corrected chi connectivity index (χ2v) is 5.82. The lowest BCUT2D eigenvalue weighted by Crippen LogP contribution is -2.18. The summed E-state index contributed by atoms with van der Waals surface area (Å²) in [7, 11) is 0. The molecule has 0 unspecified atom stereocenters. The van der Waals surface area contributed by atoms with Crippen molar-refractivity contribution in [2.75, 3.05) is 6.61 Å². The molecular weight excluding hydrogens is 326 g/mol. The molecule has 3 heteroatoms. The molecule has 110 valence electrons. The third-order valence-electron chi connectivity index (χ3n) is 3.25. The Morgan fingerprint density at radius 3 is 2.67 bits per heavy atom. The summed E-state index contributed by atoms with van der Waals surface area (Å²) in [5, 5.41) is 3.53. The summed E-state index contributed by atoms with van der Waals surface area (Å²) in [6.07, 6.45) is 1.75. The Morgan fingerprint density at radius 2 is 2.00 bits per heavy atom. The molecule has 2 aromatic rings. The monoisotopic (exact) mass is 345 g/mol. The molecule has 0 aromatic heterocycles. The van der Waals surface area contributed by atoms with E-state index >= 15 is 0 Å². The molecule has 2 rings (SSSR count). The van der Waals surface area contributed by atoms with Gasteiger partial charge in [0.25, 0.3) is 0 Å². The fourth-order valence-electron chi connectivity index (χ4n) is 2.02. The smallest absolute Gasteiger partial charge is 0.119 e. The average molecular weight is 346 g/mol. The van der Waals surface area contributed by atoms with Gasteiger partial charge in [-0.2, -0.15) is 0 Å². The van der Waals surface area contributed by atoms with E-state index in [2.05, 4.69) is 65.1 Å². The minimum Gasteiger partial charge on any atom is -0.490 e. The second-order valence-electron chi connectivity index (χ2n) is 4.90. The summed E-state index contributed by atoms with van der Waals surface area (Å²) in [6.45, 7) is 7.18. The van der Waals surface area contributed by atoms with Crippen LogP contribution in [0.1, 0.15) is 24.1 Å². The van der Waals surface area contributed by atoms with Gasteiger partial charge in [-0.1, -0.05) is 52.9 Å². The third kappa shape index (κ3) is 5.03. The molecule has 0 amide bonds. The molecule has 0 spiro atoms. The van der Waals surface area contributed by atoms with E-state index in [1.165, 1.54) is 11.1 Å². The summed E-state index contributed by atoms with van der Waals surface area (Å²) in [6, 6.07) is 16.8. The highest BCUT2D eigenvalue weighted by molar-refractivity contribution is 9.10. The zero-order chi connectivity index (χ0) is 15.1. The number of benzene rings is 2. The summed E-state index contributed by atoms with van der Waals surface area (Å²) in [4.78, 5) is 0. The molecule has 0 aliphatic heterocycles. The van der Waals surface area contributed by atoms with Crippen molar-refractivity contribution in [3.05, 3.63) is 76.8 Å². The minimum absolute atomic E-state index is 0.305. The molecule has 0 radical (unpaired) electrons. The fourth-order valence-corrected chi connectivity index (χ4v) is 2.44. The topological polar surface area (TPSA) is 21.3 Å². The number of hydrogen-bond donors (Lipinski definition) is 1. The van der Waals surface area contributed by atoms with E-state index in [0.29, 0.717) is 12.6 Å². The molecule has 1 atom stereocenters. The molecule has 0 aliphatic rings. The van der Waals surface area contributed by atoms with E-state index in [1.807, 2.05) is 18.2 Å². The highest BCUT2D eigenvalue weighted by Gasteiger charge is 2.05. The first-order valence-electron chi connectivity index (χ1n) is 7.00. The Hall–Kier alpha value is -1.58. The fraction of sp³-hybridized carbons (Fsp3) is 0.222. The predicted octanol–water partition coefficient (Wildman–Crippen LogP) is 4.86. The lowest BCUT2D eigenvalue weighted by atomic mass is 10.1. The van der Waals surface area contributed by atoms with Crippen LogP contribution in [0.5, 0.6) is 5.75 Å². The number of halogens is 1. The maximum atomic E-state index is 5.47. The Kier molecular flexibility index (Phi) is 6.03. The SMILES string of the molecule is C=CCOc1ccc(CN[C@@H](C)c2cccc(Br)c2)cc1. The highest BCUT2D eigenvalue weighted by Crippen LogP contribution is 2.19. The van der Waals surface area contributed by atoms with E-state index in [0.717, 1.165) is 16.8 Å². The van der Waals surface area contributed by atoms with Crippen LogP contribution < -0.4 is 10.1 Å². The van der Waals surface area contributed by atoms with E-state index in [4.69, 9.17) is 4.74 Å². The standard InChI is InChI=1S/C18H20BrNO/c1-3-11-21-18-9-7-15(8-10-18)13-20-14(2)16-5-4-6-17(19)12-16/h3-10,12,14,20H,1,11,13H2,2H3/t14-/m0/s1. The van der Waals surface area contributed by atoms with Gasteiger partial charge in [0.1, 0.15) is 12.4 Å². The van der Waals surface area contributed by atoms with E-state index in [9.17, 15) is 0 Å². The van der Waals surface area contributed by atoms with Crippen LogP contribution in [0.3, 0.4) is 0 Å². The molecular formula is C18H20BrNO. The Morgan fingerprint density at radius 1 is 1.24 bits per heavy atom. The Bertz CT molecular complexity index is 580. The van der Waals surface area contributed by atoms with Crippen molar-refractivity contribution in [1.82, 2.24) is 5.32 Å². The molecule has 2 nitrogen and oxygen atoms in total. The molecule has 0 fully saturated rings. The van der Waals surface area contributed by atoms with Crippen molar-refractivity contribution >= 4 is 15.9 Å². The van der Waals surface area contributed by atoms with Crippen LogP contribution in [0.25, 0.3) is 0 Å². The molecule has 0 heterocycles. The van der Waals surface area contributed by atoms with Gasteiger partial charge in [0.2, 0.25) is 0 Å². The van der Waals surface area contributed by atoms with Crippen molar-refractivity contribution in [2.45, 2.75) is 19.5 Å². The van der Waals surface area contributed by atoms with Gasteiger partial charge in [-0.25, -0.2) is 0 Å². The first kappa shape index (κ1) is 15.8. The number of hydrogen-bond acceptors (Lipinski definition) is 2. The van der Waals surface area contributed by atoms with Gasteiger partial charge in [0.05, 0.1) is 0 Å². The lowest BCUT2D eigenvalue weighted by molar-refractivity contribution is 0.363. The normalized spacial score (nSPS) is 11.9. The first-order chi connectivity index (χ1) is 10.2. The van der Waals surface area contributed by atoms with Crippen molar-refractivity contribution in [3.8, 4) is 5.75 Å². The van der Waals surface area contributed by atoms with Gasteiger partial charge in [-0.15, -0.1) is 0 Å². The van der Waals surface area contributed by atoms with E-state index < -0.39 is 0 Å². The average Bonchev–Trinajstić information content (AvgIpc) is 2.51. The van der Waals surface area contributed by atoms with Gasteiger partial charge in [-0.3, -0.25) is 0 Å². The highest BCUT2D eigenvalue weighted by atomic mass is 79.9. The maximum absolute atomic E-state index is 5.47. The zero-order valence-corrected chi connectivity index (χ0v) is 13.8. The van der Waals surface area contributed by atoms with Gasteiger partial charge < -0.3 is 10.1 Å². The minimum atomic E-state index is 0.305. The van der Waals surface area contributed by atoms with Gasteiger partial charge >= 0.3 is 0 Å². The van der Waals surface area contributed by atoms with Crippen molar-refractivity contribution < 1.29 is 4.74 Å². The van der Waals surface area contributed by atoms with E-state index in [-0.39, 0.29) is 0 Å². The van der Waals surface area contributed by atoms with Crippen LogP contribution in [0, 0.1) is 0 Å². The summed E-state index contributed by atoms with van der Waals surface area (Å²) < 4.78 is 6.58. The molecule has 21 heavy (non-hydrogen) atoms. The molecule has 1 N–H and O–H groups in total. The van der Waals surface area contributed by atoms with Crippen LogP contribution in [-0.4, -0.2) is 6.61 Å². The molecule has 0 saturated heterocycles. The molecule has 0 saturated carbocycles. The number of nitrogens with one attached hydrogen (secondary N) is 1. The van der Waals surface area contributed by atoms with Crippen LogP contribution in [0.2, 0.25) is 0 Å². The second kappa shape index (κ2) is 8.01. The quantitative estimate of drug-likeness (QED) is 0.723. The molecule has 2 aromatic carbocycles. The van der Waals surface area contributed by atoms with Crippen LogP contribution in [0.15, 0.2) is 65.7 Å². The van der Waals surface area contributed by atoms with Crippen molar-refractivity contribution in [1.29, 1.82) is 0 Å². The summed E-state index contributed by atoms with van der Waals surface area (Å²) >= 11 is 3.51. The zero-order valence-electron chi connectivity index (χ0n) is 12.2. The number of rotatable bonds is 7. The first-order valence-corrected chi connectivity index (χ1v) is 7.80. The van der Waals surface area contributed by atoms with Crippen LogP contribution >= 0.6 is 15.9 Å². The lowest BCUT2D eigenvalue weighted by Gasteiger charge is -2.15. The van der Waals surface area contributed by atoms with Crippen molar-refractivity contribution in [3.63, 3.8) is 0 Å². The predicted molar refractivity (Wildman–Crippen MR) is 91.5 cm³/mol. The van der Waals surface area contributed by atoms with Crippen molar-refractivity contribution in [2.24, 2.45) is 0 Å². The summed E-state index contributed by atoms with van der Waals surface area (Å²) in [5.41, 5.74) is 2.51. The Labute approximate surface area is 135 Å². The van der Waals surface area contributed by atoms with Crippen LogP contribution in [0.4, 0.5) is 0 Å². The number of ether oxygens (including phenoxy) is 1.